The van der Waals surface area contributed by atoms with E-state index in [0.717, 1.165) is 39.2 Å². The van der Waals surface area contributed by atoms with Crippen molar-refractivity contribution in [3.05, 3.63) is 182 Å². The molecule has 0 saturated heterocycles. The van der Waals surface area contributed by atoms with Crippen LogP contribution in [0.4, 0.5) is 0 Å². The molecule has 0 unspecified atom stereocenters. The van der Waals surface area contributed by atoms with Crippen molar-refractivity contribution in [3.8, 4) is 56.2 Å². The predicted octanol–water partition coefficient (Wildman–Crippen LogP) is 13.5. The monoisotopic (exact) mass is 666 g/mol. The average molecular weight is 667 g/mol. The molecule has 0 amide bonds. The second-order valence-electron chi connectivity index (χ2n) is 13.0. The smallest absolute Gasteiger partial charge is 0.160 e. The standard InChI is InChI=1S/C48H30N2S/c1-4-14-31(15-5-1)35-26-36(28-37(27-35)43-30-42(33-17-6-2-7-18-33)49-48(50-43)34-19-8-3-9-20-34)41-29-45-47(40-23-13-12-22-39(40)41)46-38-21-11-10-16-32(38)24-25-44(46)51-45/h1-30H. The maximum atomic E-state index is 5.23. The third-order valence-corrected chi connectivity index (χ3v) is 10.9. The van der Waals surface area contributed by atoms with E-state index in [1.165, 1.54) is 52.8 Å². The third-order valence-electron chi connectivity index (χ3n) is 9.84. The van der Waals surface area contributed by atoms with Crippen LogP contribution in [0.15, 0.2) is 182 Å². The van der Waals surface area contributed by atoms with Crippen molar-refractivity contribution in [2.45, 2.75) is 0 Å². The Bertz CT molecular complexity index is 2840. The third kappa shape index (κ3) is 5.18. The molecule has 0 bridgehead atoms. The summed E-state index contributed by atoms with van der Waals surface area (Å²) in [5.74, 6) is 0.711. The first-order valence-corrected chi connectivity index (χ1v) is 18.1. The molecule has 2 heterocycles. The summed E-state index contributed by atoms with van der Waals surface area (Å²) >= 11 is 1.88. The lowest BCUT2D eigenvalue weighted by atomic mass is 9.90. The fraction of sp³-hybridized carbons (Fsp3) is 0. The van der Waals surface area contributed by atoms with Crippen LogP contribution in [0.5, 0.6) is 0 Å². The van der Waals surface area contributed by atoms with E-state index in [2.05, 4.69) is 158 Å². The first kappa shape index (κ1) is 29.5. The molecule has 238 valence electrons. The average Bonchev–Trinajstić information content (AvgIpc) is 3.61. The zero-order valence-corrected chi connectivity index (χ0v) is 28.4. The summed E-state index contributed by atoms with van der Waals surface area (Å²) in [6, 6.07) is 65.0. The van der Waals surface area contributed by atoms with Crippen molar-refractivity contribution in [1.29, 1.82) is 0 Å². The number of hydrogen-bond donors (Lipinski definition) is 0. The molecule has 0 N–H and O–H groups in total. The lowest BCUT2D eigenvalue weighted by molar-refractivity contribution is 1.18. The van der Waals surface area contributed by atoms with Gasteiger partial charge in [-0.1, -0.05) is 146 Å². The fourth-order valence-electron chi connectivity index (χ4n) is 7.44. The molecule has 51 heavy (non-hydrogen) atoms. The summed E-state index contributed by atoms with van der Waals surface area (Å²) in [5.41, 5.74) is 9.58. The number of aromatic nitrogens is 2. The molecule has 0 spiro atoms. The lowest BCUT2D eigenvalue weighted by Crippen LogP contribution is -1.96. The minimum atomic E-state index is 0.711. The number of fused-ring (bicyclic) bond motifs is 7. The van der Waals surface area contributed by atoms with E-state index in [9.17, 15) is 0 Å². The van der Waals surface area contributed by atoms with Crippen LogP contribution in [-0.2, 0) is 0 Å². The lowest BCUT2D eigenvalue weighted by Gasteiger charge is -2.15. The van der Waals surface area contributed by atoms with Gasteiger partial charge in [-0.2, -0.15) is 0 Å². The van der Waals surface area contributed by atoms with Crippen LogP contribution in [0.3, 0.4) is 0 Å². The van der Waals surface area contributed by atoms with Crippen LogP contribution in [0, 0.1) is 0 Å². The SMILES string of the molecule is c1ccc(-c2cc(-c3cc(-c4ccccc4)nc(-c4ccccc4)n3)cc(-c3cc4sc5ccc6ccccc6c5c4c4ccccc34)c2)cc1. The minimum Gasteiger partial charge on any atom is -0.228 e. The highest BCUT2D eigenvalue weighted by Gasteiger charge is 2.18. The Morgan fingerprint density at radius 3 is 1.63 bits per heavy atom. The maximum Gasteiger partial charge on any atom is 0.160 e. The van der Waals surface area contributed by atoms with Gasteiger partial charge in [-0.15, -0.1) is 11.3 Å². The van der Waals surface area contributed by atoms with E-state index in [4.69, 9.17) is 9.97 Å². The molecule has 2 nitrogen and oxygen atoms in total. The Balaban J connectivity index is 1.25. The van der Waals surface area contributed by atoms with Crippen molar-refractivity contribution in [2.75, 3.05) is 0 Å². The Morgan fingerprint density at radius 1 is 0.333 bits per heavy atom. The molecule has 0 aliphatic rings. The van der Waals surface area contributed by atoms with Crippen LogP contribution < -0.4 is 0 Å². The van der Waals surface area contributed by atoms with Gasteiger partial charge in [-0.05, 0) is 80.2 Å². The van der Waals surface area contributed by atoms with Crippen LogP contribution in [0.1, 0.15) is 0 Å². The summed E-state index contributed by atoms with van der Waals surface area (Å²) in [5, 5.41) is 7.77. The molecule has 0 saturated carbocycles. The van der Waals surface area contributed by atoms with E-state index in [1.54, 1.807) is 0 Å². The molecule has 0 fully saturated rings. The van der Waals surface area contributed by atoms with Gasteiger partial charge in [-0.3, -0.25) is 0 Å². The van der Waals surface area contributed by atoms with Gasteiger partial charge in [-0.25, -0.2) is 9.97 Å². The van der Waals surface area contributed by atoms with E-state index in [0.29, 0.717) is 5.82 Å². The Hall–Kier alpha value is -6.42. The second-order valence-corrected chi connectivity index (χ2v) is 14.0. The highest BCUT2D eigenvalue weighted by Crippen LogP contribution is 2.46. The number of nitrogens with zero attached hydrogens (tertiary/aromatic N) is 2. The van der Waals surface area contributed by atoms with Crippen LogP contribution in [-0.4, -0.2) is 9.97 Å². The Kier molecular flexibility index (Phi) is 7.04. The second kappa shape index (κ2) is 12.2. The van der Waals surface area contributed by atoms with Gasteiger partial charge >= 0.3 is 0 Å². The predicted molar refractivity (Wildman–Crippen MR) is 217 cm³/mol. The highest BCUT2D eigenvalue weighted by molar-refractivity contribution is 7.26. The van der Waals surface area contributed by atoms with Gasteiger partial charge in [0.05, 0.1) is 11.4 Å². The number of hydrogen-bond acceptors (Lipinski definition) is 3. The van der Waals surface area contributed by atoms with Gasteiger partial charge < -0.3 is 0 Å². The molecule has 10 aromatic rings. The van der Waals surface area contributed by atoms with Crippen molar-refractivity contribution in [2.24, 2.45) is 0 Å². The van der Waals surface area contributed by atoms with Gasteiger partial charge in [0.2, 0.25) is 0 Å². The molecule has 0 aliphatic carbocycles. The molecular formula is C48H30N2S. The Morgan fingerprint density at radius 2 is 0.882 bits per heavy atom. The minimum absolute atomic E-state index is 0.711. The molecule has 3 heteroatoms. The number of benzene rings is 8. The Labute approximate surface area is 300 Å². The van der Waals surface area contributed by atoms with Crippen molar-refractivity contribution in [1.82, 2.24) is 9.97 Å². The summed E-state index contributed by atoms with van der Waals surface area (Å²) in [6.07, 6.45) is 0. The van der Waals surface area contributed by atoms with Gasteiger partial charge in [0, 0.05) is 36.9 Å². The topological polar surface area (TPSA) is 25.8 Å². The summed E-state index contributed by atoms with van der Waals surface area (Å²) in [4.78, 5) is 10.3. The van der Waals surface area contributed by atoms with Crippen molar-refractivity contribution < 1.29 is 0 Å². The van der Waals surface area contributed by atoms with Gasteiger partial charge in [0.1, 0.15) is 0 Å². The van der Waals surface area contributed by atoms with E-state index >= 15 is 0 Å². The summed E-state index contributed by atoms with van der Waals surface area (Å²) < 4.78 is 2.61. The molecule has 0 aliphatic heterocycles. The van der Waals surface area contributed by atoms with Crippen LogP contribution >= 0.6 is 11.3 Å². The number of rotatable bonds is 5. The molecule has 2 aromatic heterocycles. The van der Waals surface area contributed by atoms with Crippen molar-refractivity contribution >= 4 is 53.1 Å². The molecular weight excluding hydrogens is 637 g/mol. The summed E-state index contributed by atoms with van der Waals surface area (Å²) in [7, 11) is 0. The first-order valence-electron chi connectivity index (χ1n) is 17.2. The number of thiophene rings is 1. The maximum absolute atomic E-state index is 5.23. The van der Waals surface area contributed by atoms with E-state index in [-0.39, 0.29) is 0 Å². The molecule has 0 atom stereocenters. The normalized spacial score (nSPS) is 11.5. The largest absolute Gasteiger partial charge is 0.228 e. The van der Waals surface area contributed by atoms with Crippen molar-refractivity contribution in [3.63, 3.8) is 0 Å². The quantitative estimate of drug-likeness (QED) is 0.183. The van der Waals surface area contributed by atoms with E-state index in [1.807, 2.05) is 35.6 Å². The van der Waals surface area contributed by atoms with Crippen LogP contribution in [0.2, 0.25) is 0 Å². The van der Waals surface area contributed by atoms with Gasteiger partial charge in [0.25, 0.3) is 0 Å². The molecule has 10 rings (SSSR count). The van der Waals surface area contributed by atoms with E-state index < -0.39 is 0 Å². The summed E-state index contributed by atoms with van der Waals surface area (Å²) in [6.45, 7) is 0. The van der Waals surface area contributed by atoms with Gasteiger partial charge in [0.15, 0.2) is 5.82 Å². The fourth-order valence-corrected chi connectivity index (χ4v) is 8.61. The highest BCUT2D eigenvalue weighted by atomic mass is 32.1. The molecule has 0 radical (unpaired) electrons. The molecule has 8 aromatic carbocycles. The zero-order chi connectivity index (χ0) is 33.7. The first-order chi connectivity index (χ1) is 25.3. The zero-order valence-electron chi connectivity index (χ0n) is 27.6. The van der Waals surface area contributed by atoms with Crippen LogP contribution in [0.25, 0.3) is 97.9 Å².